The monoisotopic (exact) mass is 469 g/mol. The third-order valence-electron chi connectivity index (χ3n) is 5.59. The van der Waals surface area contributed by atoms with Gasteiger partial charge in [-0.3, -0.25) is 19.7 Å². The van der Waals surface area contributed by atoms with Crippen LogP contribution in [0.4, 0.5) is 11.4 Å². The molecule has 9 heteroatoms. The number of fused-ring (bicyclic) bond motifs is 1. The second-order valence-corrected chi connectivity index (χ2v) is 7.98. The molecule has 0 unspecified atom stereocenters. The third-order valence-corrected chi connectivity index (χ3v) is 5.59. The Morgan fingerprint density at radius 3 is 2.37 bits per heavy atom. The Bertz CT molecular complexity index is 1440. The highest BCUT2D eigenvalue weighted by atomic mass is 16.6. The van der Waals surface area contributed by atoms with Gasteiger partial charge in [0.15, 0.2) is 0 Å². The number of benzene rings is 3. The number of nitrogens with one attached hydrogen (secondary N) is 2. The number of hydrazone groups is 1. The number of aromatic nitrogens is 1. The molecule has 1 aromatic heterocycles. The van der Waals surface area contributed by atoms with Gasteiger partial charge in [-0.15, -0.1) is 0 Å². The lowest BCUT2D eigenvalue weighted by Crippen LogP contribution is -2.17. The van der Waals surface area contributed by atoms with E-state index in [-0.39, 0.29) is 17.5 Å². The zero-order chi connectivity index (χ0) is 24.9. The zero-order valence-corrected chi connectivity index (χ0v) is 19.2. The van der Waals surface area contributed by atoms with Gasteiger partial charge in [0.2, 0.25) is 5.91 Å². The van der Waals surface area contributed by atoms with E-state index in [1.807, 2.05) is 31.2 Å². The van der Waals surface area contributed by atoms with Crippen molar-refractivity contribution in [2.45, 2.75) is 20.4 Å². The van der Waals surface area contributed by atoms with Crippen molar-refractivity contribution >= 4 is 40.3 Å². The lowest BCUT2D eigenvalue weighted by Gasteiger charge is -2.08. The average Bonchev–Trinajstić information content (AvgIpc) is 3.10. The number of carbonyl (C=O) groups is 2. The summed E-state index contributed by atoms with van der Waals surface area (Å²) < 4.78 is 2.11. The van der Waals surface area contributed by atoms with Crippen molar-refractivity contribution in [1.29, 1.82) is 0 Å². The second-order valence-electron chi connectivity index (χ2n) is 7.98. The molecule has 0 atom stereocenters. The summed E-state index contributed by atoms with van der Waals surface area (Å²) in [5, 5.41) is 18.7. The van der Waals surface area contributed by atoms with Crippen molar-refractivity contribution in [3.05, 3.63) is 105 Å². The fraction of sp³-hybridized carbons (Fsp3) is 0.115. The summed E-state index contributed by atoms with van der Waals surface area (Å²) >= 11 is 0. The van der Waals surface area contributed by atoms with Crippen LogP contribution in [0.5, 0.6) is 0 Å². The Kier molecular flexibility index (Phi) is 6.68. The first-order valence-electron chi connectivity index (χ1n) is 10.9. The van der Waals surface area contributed by atoms with Gasteiger partial charge in [0, 0.05) is 59.0 Å². The summed E-state index contributed by atoms with van der Waals surface area (Å²) in [4.78, 5) is 34.1. The SMILES string of the molecule is CC(=O)Nc1ccc(C(=O)NN=Cc2c(C)n(Cc3ccc([N+](=O)[O-])cc3)c3ccccc23)cc1. The van der Waals surface area contributed by atoms with Crippen LogP contribution in [0, 0.1) is 17.0 Å². The molecule has 4 rings (SSSR count). The standard InChI is InChI=1S/C26H23N5O4/c1-17-24(15-27-29-26(33)20-9-11-21(12-10-20)28-18(2)32)23-5-3-4-6-25(23)30(17)16-19-7-13-22(14-8-19)31(34)35/h3-15H,16H2,1-2H3,(H,28,32)(H,29,33). The van der Waals surface area contributed by atoms with Gasteiger partial charge in [0.1, 0.15) is 0 Å². The number of nitro groups is 1. The van der Waals surface area contributed by atoms with E-state index in [0.717, 1.165) is 27.7 Å². The smallest absolute Gasteiger partial charge is 0.271 e. The van der Waals surface area contributed by atoms with E-state index in [1.54, 1.807) is 42.6 Å². The first kappa shape index (κ1) is 23.4. The van der Waals surface area contributed by atoms with Crippen LogP contribution in [-0.2, 0) is 11.3 Å². The van der Waals surface area contributed by atoms with Gasteiger partial charge in [-0.05, 0) is 42.8 Å². The number of amides is 2. The summed E-state index contributed by atoms with van der Waals surface area (Å²) in [6, 6.07) is 20.9. The summed E-state index contributed by atoms with van der Waals surface area (Å²) in [6.45, 7) is 3.92. The minimum absolute atomic E-state index is 0.0520. The van der Waals surface area contributed by atoms with Gasteiger partial charge in [-0.1, -0.05) is 30.3 Å². The average molecular weight is 470 g/mol. The van der Waals surface area contributed by atoms with E-state index in [4.69, 9.17) is 0 Å². The highest BCUT2D eigenvalue weighted by Crippen LogP contribution is 2.26. The molecule has 0 bridgehead atoms. The van der Waals surface area contributed by atoms with Crippen molar-refractivity contribution in [2.24, 2.45) is 5.10 Å². The molecule has 0 fully saturated rings. The van der Waals surface area contributed by atoms with E-state index >= 15 is 0 Å². The predicted molar refractivity (Wildman–Crippen MR) is 135 cm³/mol. The highest BCUT2D eigenvalue weighted by Gasteiger charge is 2.14. The maximum Gasteiger partial charge on any atom is 0.271 e. The van der Waals surface area contributed by atoms with Crippen LogP contribution in [0.2, 0.25) is 0 Å². The van der Waals surface area contributed by atoms with E-state index in [1.165, 1.54) is 19.1 Å². The van der Waals surface area contributed by atoms with Crippen LogP contribution in [0.15, 0.2) is 77.9 Å². The fourth-order valence-electron chi connectivity index (χ4n) is 3.86. The number of anilines is 1. The minimum atomic E-state index is -0.416. The molecule has 9 nitrogen and oxygen atoms in total. The number of hydrogen-bond acceptors (Lipinski definition) is 5. The molecule has 35 heavy (non-hydrogen) atoms. The zero-order valence-electron chi connectivity index (χ0n) is 19.2. The molecular weight excluding hydrogens is 446 g/mol. The van der Waals surface area contributed by atoms with Crippen LogP contribution in [-0.4, -0.2) is 27.5 Å². The molecule has 0 saturated carbocycles. The van der Waals surface area contributed by atoms with Crippen molar-refractivity contribution in [3.63, 3.8) is 0 Å². The maximum absolute atomic E-state index is 12.5. The molecule has 0 aliphatic rings. The first-order valence-corrected chi connectivity index (χ1v) is 10.9. The normalized spacial score (nSPS) is 11.0. The van der Waals surface area contributed by atoms with Crippen LogP contribution in [0.1, 0.15) is 34.1 Å². The number of para-hydroxylation sites is 1. The lowest BCUT2D eigenvalue weighted by molar-refractivity contribution is -0.384. The van der Waals surface area contributed by atoms with Crippen LogP contribution in [0.3, 0.4) is 0 Å². The van der Waals surface area contributed by atoms with Gasteiger partial charge < -0.3 is 9.88 Å². The van der Waals surface area contributed by atoms with Gasteiger partial charge in [0.05, 0.1) is 11.1 Å². The predicted octanol–water partition coefficient (Wildman–Crippen LogP) is 4.63. The Balaban J connectivity index is 1.54. The maximum atomic E-state index is 12.5. The van der Waals surface area contributed by atoms with Gasteiger partial charge in [0.25, 0.3) is 11.6 Å². The molecular formula is C26H23N5O4. The Labute approximate surface area is 201 Å². The molecule has 0 spiro atoms. The van der Waals surface area contributed by atoms with E-state index in [9.17, 15) is 19.7 Å². The topological polar surface area (TPSA) is 119 Å². The molecule has 3 aromatic carbocycles. The van der Waals surface area contributed by atoms with Gasteiger partial charge in [-0.2, -0.15) is 5.10 Å². The summed E-state index contributed by atoms with van der Waals surface area (Å²) in [7, 11) is 0. The van der Waals surface area contributed by atoms with Crippen LogP contribution < -0.4 is 10.7 Å². The van der Waals surface area contributed by atoms with E-state index < -0.39 is 4.92 Å². The van der Waals surface area contributed by atoms with Crippen molar-refractivity contribution in [1.82, 2.24) is 9.99 Å². The summed E-state index contributed by atoms with van der Waals surface area (Å²) in [5.41, 5.74) is 7.34. The van der Waals surface area contributed by atoms with Crippen molar-refractivity contribution in [2.75, 3.05) is 5.32 Å². The Morgan fingerprint density at radius 2 is 1.71 bits per heavy atom. The fourth-order valence-corrected chi connectivity index (χ4v) is 3.86. The largest absolute Gasteiger partial charge is 0.340 e. The Morgan fingerprint density at radius 1 is 1.03 bits per heavy atom. The number of carbonyl (C=O) groups excluding carboxylic acids is 2. The van der Waals surface area contributed by atoms with Gasteiger partial charge in [-0.25, -0.2) is 5.43 Å². The third kappa shape index (κ3) is 5.25. The molecule has 0 saturated heterocycles. The molecule has 0 aliphatic carbocycles. The molecule has 176 valence electrons. The molecule has 0 radical (unpaired) electrons. The molecule has 2 N–H and O–H groups in total. The summed E-state index contributed by atoms with van der Waals surface area (Å²) in [5.74, 6) is -0.558. The van der Waals surface area contributed by atoms with Crippen molar-refractivity contribution in [3.8, 4) is 0 Å². The van der Waals surface area contributed by atoms with Crippen LogP contribution in [0.25, 0.3) is 10.9 Å². The number of nitrogens with zero attached hydrogens (tertiary/aromatic N) is 3. The molecule has 0 aliphatic heterocycles. The van der Waals surface area contributed by atoms with Crippen molar-refractivity contribution < 1.29 is 14.5 Å². The molecule has 1 heterocycles. The van der Waals surface area contributed by atoms with E-state index in [0.29, 0.717) is 17.8 Å². The first-order chi connectivity index (χ1) is 16.8. The van der Waals surface area contributed by atoms with Crippen LogP contribution >= 0.6 is 0 Å². The lowest BCUT2D eigenvalue weighted by atomic mass is 10.1. The minimum Gasteiger partial charge on any atom is -0.340 e. The number of nitro benzene ring substituents is 1. The molecule has 2 amide bonds. The molecule has 4 aromatic rings. The van der Waals surface area contributed by atoms with Gasteiger partial charge >= 0.3 is 0 Å². The van der Waals surface area contributed by atoms with E-state index in [2.05, 4.69) is 20.4 Å². The Hall–Kier alpha value is -4.79. The number of rotatable bonds is 7. The number of non-ortho nitro benzene ring substituents is 1. The number of hydrogen-bond donors (Lipinski definition) is 2. The quantitative estimate of drug-likeness (QED) is 0.233. The summed E-state index contributed by atoms with van der Waals surface area (Å²) in [6.07, 6.45) is 1.62. The second kappa shape index (κ2) is 10.0. The highest BCUT2D eigenvalue weighted by molar-refractivity contribution is 6.02.